The van der Waals surface area contributed by atoms with Crippen LogP contribution in [0, 0.1) is 0 Å². The molecule has 0 radical (unpaired) electrons. The van der Waals surface area contributed by atoms with Gasteiger partial charge < -0.3 is 19.3 Å². The highest BCUT2D eigenvalue weighted by Gasteiger charge is 2.02. The average molecular weight is 262 g/mol. The van der Waals surface area contributed by atoms with Gasteiger partial charge in [-0.25, -0.2) is 0 Å². The standard InChI is InChI=1S/C14H32N2O2/c1-5-15(6-2)9-11-17-13-14-18-12-10-16(7-3)8-4/h5-14H2,1-4H3/p+2. The summed E-state index contributed by atoms with van der Waals surface area (Å²) in [5.41, 5.74) is 0. The van der Waals surface area contributed by atoms with Gasteiger partial charge in [0.2, 0.25) is 0 Å². The Bertz CT molecular complexity index is 142. The van der Waals surface area contributed by atoms with Crippen molar-refractivity contribution in [2.75, 3.05) is 65.7 Å². The van der Waals surface area contributed by atoms with E-state index in [1.54, 1.807) is 9.80 Å². The Morgan fingerprint density at radius 2 is 0.889 bits per heavy atom. The van der Waals surface area contributed by atoms with E-state index in [0.29, 0.717) is 0 Å². The van der Waals surface area contributed by atoms with Crippen LogP contribution in [0.2, 0.25) is 0 Å². The highest BCUT2D eigenvalue weighted by Crippen LogP contribution is 1.76. The molecule has 18 heavy (non-hydrogen) atoms. The Morgan fingerprint density at radius 1 is 0.556 bits per heavy atom. The molecule has 110 valence electrons. The first kappa shape index (κ1) is 17.8. The second kappa shape index (κ2) is 13.3. The Labute approximate surface area is 113 Å². The summed E-state index contributed by atoms with van der Waals surface area (Å²) < 4.78 is 11.1. The largest absolute Gasteiger partial charge is 0.373 e. The van der Waals surface area contributed by atoms with Gasteiger partial charge >= 0.3 is 0 Å². The SMILES string of the molecule is CC[NH+](CC)CCOCCOCC[NH+](CC)CC. The molecular formula is C14H34N2O2+2. The van der Waals surface area contributed by atoms with E-state index in [-0.39, 0.29) is 0 Å². The molecule has 0 aromatic rings. The quantitative estimate of drug-likeness (QED) is 0.411. The maximum absolute atomic E-state index is 5.57. The lowest BCUT2D eigenvalue weighted by atomic mass is 10.5. The highest BCUT2D eigenvalue weighted by molar-refractivity contribution is 4.33. The van der Waals surface area contributed by atoms with E-state index in [1.165, 1.54) is 26.2 Å². The Kier molecular flexibility index (Phi) is 13.2. The van der Waals surface area contributed by atoms with Crippen LogP contribution in [-0.2, 0) is 9.47 Å². The number of ether oxygens (including phenoxy) is 2. The molecule has 0 aliphatic rings. The molecule has 0 bridgehead atoms. The van der Waals surface area contributed by atoms with Crippen LogP contribution in [0.15, 0.2) is 0 Å². The van der Waals surface area contributed by atoms with Gasteiger partial charge in [0.1, 0.15) is 13.1 Å². The molecule has 0 aliphatic carbocycles. The zero-order chi connectivity index (χ0) is 13.6. The van der Waals surface area contributed by atoms with Gasteiger partial charge in [-0.15, -0.1) is 0 Å². The van der Waals surface area contributed by atoms with E-state index >= 15 is 0 Å². The van der Waals surface area contributed by atoms with Gasteiger partial charge in [0.15, 0.2) is 0 Å². The third kappa shape index (κ3) is 9.83. The molecule has 0 spiro atoms. The molecule has 0 aromatic heterocycles. The molecule has 4 nitrogen and oxygen atoms in total. The lowest BCUT2D eigenvalue weighted by Crippen LogP contribution is -3.11. The van der Waals surface area contributed by atoms with Crippen LogP contribution >= 0.6 is 0 Å². The van der Waals surface area contributed by atoms with Gasteiger partial charge in [0, 0.05) is 0 Å². The normalized spacial score (nSPS) is 11.7. The van der Waals surface area contributed by atoms with Gasteiger partial charge in [-0.3, -0.25) is 0 Å². The van der Waals surface area contributed by atoms with Crippen molar-refractivity contribution in [1.29, 1.82) is 0 Å². The fraction of sp³-hybridized carbons (Fsp3) is 1.00. The summed E-state index contributed by atoms with van der Waals surface area (Å²) in [6.45, 7) is 19.0. The molecule has 0 heterocycles. The number of nitrogens with one attached hydrogen (secondary N) is 2. The van der Waals surface area contributed by atoms with Crippen LogP contribution in [0.3, 0.4) is 0 Å². The van der Waals surface area contributed by atoms with Gasteiger partial charge in [-0.1, -0.05) is 0 Å². The Hall–Kier alpha value is -0.160. The molecule has 0 aliphatic heterocycles. The van der Waals surface area contributed by atoms with Crippen molar-refractivity contribution < 1.29 is 19.3 Å². The Morgan fingerprint density at radius 3 is 1.17 bits per heavy atom. The van der Waals surface area contributed by atoms with E-state index in [1.807, 2.05) is 0 Å². The number of quaternary nitrogens is 2. The average Bonchev–Trinajstić information content (AvgIpc) is 2.41. The molecule has 0 unspecified atom stereocenters. The van der Waals surface area contributed by atoms with Crippen molar-refractivity contribution in [3.63, 3.8) is 0 Å². The van der Waals surface area contributed by atoms with Crippen molar-refractivity contribution >= 4 is 0 Å². The molecule has 0 fully saturated rings. The van der Waals surface area contributed by atoms with Gasteiger partial charge in [0.25, 0.3) is 0 Å². The summed E-state index contributed by atoms with van der Waals surface area (Å²) in [5, 5.41) is 0. The molecular weight excluding hydrogens is 228 g/mol. The number of hydrogen-bond donors (Lipinski definition) is 2. The molecule has 0 amide bonds. The smallest absolute Gasteiger partial charge is 0.101 e. The van der Waals surface area contributed by atoms with Crippen LogP contribution in [0.5, 0.6) is 0 Å². The summed E-state index contributed by atoms with van der Waals surface area (Å²) in [4.78, 5) is 3.20. The number of likely N-dealkylation sites (N-methyl/N-ethyl adjacent to an activating group) is 2. The van der Waals surface area contributed by atoms with Gasteiger partial charge in [-0.05, 0) is 27.7 Å². The maximum Gasteiger partial charge on any atom is 0.101 e. The minimum absolute atomic E-state index is 0.730. The van der Waals surface area contributed by atoms with Crippen LogP contribution < -0.4 is 9.80 Å². The van der Waals surface area contributed by atoms with E-state index in [4.69, 9.17) is 9.47 Å². The maximum atomic E-state index is 5.57. The molecule has 4 heteroatoms. The molecule has 0 rings (SSSR count). The highest BCUT2D eigenvalue weighted by atomic mass is 16.5. The first-order chi connectivity index (χ1) is 8.78. The summed E-state index contributed by atoms with van der Waals surface area (Å²) in [5.74, 6) is 0. The summed E-state index contributed by atoms with van der Waals surface area (Å²) in [6, 6.07) is 0. The summed E-state index contributed by atoms with van der Waals surface area (Å²) in [6.07, 6.45) is 0. The zero-order valence-corrected chi connectivity index (χ0v) is 12.9. The van der Waals surface area contributed by atoms with Crippen LogP contribution in [0.25, 0.3) is 0 Å². The van der Waals surface area contributed by atoms with Crippen LogP contribution in [0.1, 0.15) is 27.7 Å². The Balaban J connectivity index is 3.21. The topological polar surface area (TPSA) is 27.3 Å². The third-order valence-electron chi connectivity index (χ3n) is 3.57. The van der Waals surface area contributed by atoms with E-state index in [0.717, 1.165) is 39.5 Å². The lowest BCUT2D eigenvalue weighted by molar-refractivity contribution is -0.897. The minimum Gasteiger partial charge on any atom is -0.373 e. The van der Waals surface area contributed by atoms with Crippen molar-refractivity contribution in [2.45, 2.75) is 27.7 Å². The predicted octanol–water partition coefficient (Wildman–Crippen LogP) is -1.13. The zero-order valence-electron chi connectivity index (χ0n) is 12.9. The van der Waals surface area contributed by atoms with Crippen molar-refractivity contribution in [3.8, 4) is 0 Å². The minimum atomic E-state index is 0.730. The number of hydrogen-bond acceptors (Lipinski definition) is 2. The van der Waals surface area contributed by atoms with Gasteiger partial charge in [0.05, 0.1) is 52.6 Å². The first-order valence-electron chi connectivity index (χ1n) is 7.60. The molecule has 0 saturated heterocycles. The molecule has 2 N–H and O–H groups in total. The second-order valence-electron chi connectivity index (χ2n) is 4.64. The lowest BCUT2D eigenvalue weighted by Gasteiger charge is -2.16. The van der Waals surface area contributed by atoms with Gasteiger partial charge in [-0.2, -0.15) is 0 Å². The fourth-order valence-corrected chi connectivity index (χ4v) is 1.96. The van der Waals surface area contributed by atoms with Crippen molar-refractivity contribution in [2.24, 2.45) is 0 Å². The summed E-state index contributed by atoms with van der Waals surface area (Å²) in [7, 11) is 0. The van der Waals surface area contributed by atoms with Crippen molar-refractivity contribution in [3.05, 3.63) is 0 Å². The molecule has 0 atom stereocenters. The predicted molar refractivity (Wildman–Crippen MR) is 75.5 cm³/mol. The number of rotatable bonds is 13. The van der Waals surface area contributed by atoms with Crippen LogP contribution in [0.4, 0.5) is 0 Å². The van der Waals surface area contributed by atoms with E-state index in [9.17, 15) is 0 Å². The monoisotopic (exact) mass is 262 g/mol. The molecule has 0 aromatic carbocycles. The van der Waals surface area contributed by atoms with E-state index in [2.05, 4.69) is 27.7 Å². The third-order valence-corrected chi connectivity index (χ3v) is 3.57. The first-order valence-corrected chi connectivity index (χ1v) is 7.60. The second-order valence-corrected chi connectivity index (χ2v) is 4.64. The fourth-order valence-electron chi connectivity index (χ4n) is 1.96. The van der Waals surface area contributed by atoms with Crippen LogP contribution in [-0.4, -0.2) is 65.7 Å². The van der Waals surface area contributed by atoms with E-state index < -0.39 is 0 Å². The van der Waals surface area contributed by atoms with Crippen molar-refractivity contribution in [1.82, 2.24) is 0 Å². The molecule has 0 saturated carbocycles. The summed E-state index contributed by atoms with van der Waals surface area (Å²) >= 11 is 0.